The molecule has 4 N–H and O–H groups in total. The number of aromatic nitrogens is 1. The first-order valence-corrected chi connectivity index (χ1v) is 10.5. The maximum atomic E-state index is 12.8. The van der Waals surface area contributed by atoms with Gasteiger partial charge in [0.05, 0.1) is 11.6 Å². The molecule has 1 unspecified atom stereocenters. The van der Waals surface area contributed by atoms with E-state index in [1.807, 2.05) is 54.6 Å². The Bertz CT molecular complexity index is 1060. The van der Waals surface area contributed by atoms with Crippen LogP contribution in [0.15, 0.2) is 66.7 Å². The zero-order valence-electron chi connectivity index (χ0n) is 18.1. The summed E-state index contributed by atoms with van der Waals surface area (Å²) in [5, 5.41) is 31.1. The van der Waals surface area contributed by atoms with Crippen molar-refractivity contribution in [1.82, 2.24) is 9.88 Å². The molecule has 0 aliphatic heterocycles. The van der Waals surface area contributed by atoms with Gasteiger partial charge in [-0.2, -0.15) is 0 Å². The van der Waals surface area contributed by atoms with Crippen LogP contribution in [0.25, 0.3) is 11.1 Å². The van der Waals surface area contributed by atoms with E-state index in [9.17, 15) is 24.9 Å². The number of aliphatic hydroxyl groups excluding tert-OH is 1. The molecule has 1 aromatic heterocycles. The fourth-order valence-electron chi connectivity index (χ4n) is 3.74. The molecule has 3 aromatic rings. The summed E-state index contributed by atoms with van der Waals surface area (Å²) in [7, 11) is 1.57. The van der Waals surface area contributed by atoms with Crippen molar-refractivity contribution in [2.24, 2.45) is 13.0 Å². The van der Waals surface area contributed by atoms with E-state index in [0.29, 0.717) is 6.42 Å². The monoisotopic (exact) mass is 436 g/mol. The molecule has 1 amide bonds. The third kappa shape index (κ3) is 5.63. The van der Waals surface area contributed by atoms with Crippen molar-refractivity contribution in [3.8, 4) is 11.1 Å². The number of amides is 1. The maximum Gasteiger partial charge on any atom is 0.306 e. The molecule has 0 fully saturated rings. The highest BCUT2D eigenvalue weighted by atomic mass is 16.5. The van der Waals surface area contributed by atoms with Crippen LogP contribution in [0.2, 0.25) is 0 Å². The Morgan fingerprint density at radius 3 is 2.12 bits per heavy atom. The fourth-order valence-corrected chi connectivity index (χ4v) is 3.74. The minimum atomic E-state index is -1.69. The number of carbonyl (C=O) groups is 2. The van der Waals surface area contributed by atoms with Crippen LogP contribution >= 0.6 is 0 Å². The predicted molar refractivity (Wildman–Crippen MR) is 121 cm³/mol. The van der Waals surface area contributed by atoms with Crippen LogP contribution in [-0.2, 0) is 18.3 Å². The van der Waals surface area contributed by atoms with E-state index in [2.05, 4.69) is 5.32 Å². The van der Waals surface area contributed by atoms with Gasteiger partial charge < -0.3 is 25.2 Å². The molecule has 32 heavy (non-hydrogen) atoms. The first-order valence-electron chi connectivity index (χ1n) is 10.5. The molecular formula is C25H28N2O5. The van der Waals surface area contributed by atoms with Crippen molar-refractivity contribution in [3.05, 3.63) is 83.7 Å². The molecular weight excluding hydrogens is 408 g/mol. The van der Waals surface area contributed by atoms with Crippen molar-refractivity contribution >= 4 is 11.9 Å². The van der Waals surface area contributed by atoms with Crippen molar-refractivity contribution in [2.75, 3.05) is 0 Å². The summed E-state index contributed by atoms with van der Waals surface area (Å²) in [6.45, 7) is 1.61. The molecule has 0 saturated carbocycles. The number of carboxylic acids is 1. The Kier molecular flexibility index (Phi) is 7.45. The van der Waals surface area contributed by atoms with E-state index in [-0.39, 0.29) is 17.8 Å². The third-order valence-corrected chi connectivity index (χ3v) is 5.60. The van der Waals surface area contributed by atoms with Gasteiger partial charge in [0.15, 0.2) is 6.29 Å². The van der Waals surface area contributed by atoms with Crippen molar-refractivity contribution in [1.29, 1.82) is 0 Å². The Morgan fingerprint density at radius 2 is 1.56 bits per heavy atom. The molecule has 7 nitrogen and oxygen atoms in total. The zero-order valence-corrected chi connectivity index (χ0v) is 18.1. The SMILES string of the molecule is C[C@H](CC(Cc1ccc(-c2ccccc2)cc1)NC(=O)c1ccc(C(O)O)n1C)C(=O)O. The smallest absolute Gasteiger partial charge is 0.306 e. The molecule has 2 aromatic carbocycles. The summed E-state index contributed by atoms with van der Waals surface area (Å²) in [5.41, 5.74) is 3.62. The molecule has 3 rings (SSSR count). The molecule has 0 spiro atoms. The molecule has 0 bridgehead atoms. The van der Waals surface area contributed by atoms with Gasteiger partial charge in [-0.1, -0.05) is 61.5 Å². The van der Waals surface area contributed by atoms with Crippen LogP contribution in [0.4, 0.5) is 0 Å². The van der Waals surface area contributed by atoms with Gasteiger partial charge in [-0.15, -0.1) is 0 Å². The van der Waals surface area contributed by atoms with Crippen molar-refractivity contribution < 1.29 is 24.9 Å². The summed E-state index contributed by atoms with van der Waals surface area (Å²) in [4.78, 5) is 24.3. The predicted octanol–water partition coefficient (Wildman–Crippen LogP) is 3.13. The molecule has 0 radical (unpaired) electrons. The van der Waals surface area contributed by atoms with Crippen LogP contribution in [0, 0.1) is 5.92 Å². The Labute approximate surface area is 187 Å². The quantitative estimate of drug-likeness (QED) is 0.385. The average Bonchev–Trinajstić information content (AvgIpc) is 3.16. The van der Waals surface area contributed by atoms with E-state index >= 15 is 0 Å². The second-order valence-corrected chi connectivity index (χ2v) is 7.99. The van der Waals surface area contributed by atoms with Gasteiger partial charge in [0.2, 0.25) is 0 Å². The molecule has 168 valence electrons. The van der Waals surface area contributed by atoms with Crippen LogP contribution in [0.1, 0.15) is 41.4 Å². The fraction of sp³-hybridized carbons (Fsp3) is 0.280. The van der Waals surface area contributed by atoms with E-state index in [1.165, 1.54) is 16.7 Å². The summed E-state index contributed by atoms with van der Waals surface area (Å²) >= 11 is 0. The summed E-state index contributed by atoms with van der Waals surface area (Å²) in [6, 6.07) is 20.5. The second kappa shape index (κ2) is 10.3. The van der Waals surface area contributed by atoms with Crippen LogP contribution in [-0.4, -0.2) is 37.8 Å². The maximum absolute atomic E-state index is 12.8. The summed E-state index contributed by atoms with van der Waals surface area (Å²) in [5.74, 6) is -1.96. The number of carboxylic acid groups (broad SMARTS) is 1. The highest BCUT2D eigenvalue weighted by Crippen LogP contribution is 2.21. The minimum Gasteiger partial charge on any atom is -0.481 e. The molecule has 7 heteroatoms. The largest absolute Gasteiger partial charge is 0.481 e. The second-order valence-electron chi connectivity index (χ2n) is 7.99. The van der Waals surface area contributed by atoms with Gasteiger partial charge in [0, 0.05) is 13.1 Å². The standard InChI is InChI=1S/C25H28N2O5/c1-16(24(29)30)14-20(26-23(28)21-12-13-22(25(31)32)27(21)2)15-17-8-10-19(11-9-17)18-6-4-3-5-7-18/h3-13,16,20,25,31-32H,14-15H2,1-2H3,(H,26,28)(H,29,30)/t16-,20?/m1/s1. The van der Waals surface area contributed by atoms with Gasteiger partial charge in [-0.05, 0) is 41.7 Å². The van der Waals surface area contributed by atoms with Crippen LogP contribution in [0.3, 0.4) is 0 Å². The number of hydrogen-bond acceptors (Lipinski definition) is 4. The van der Waals surface area contributed by atoms with E-state index < -0.39 is 30.1 Å². The first kappa shape index (κ1) is 23.2. The van der Waals surface area contributed by atoms with Gasteiger partial charge in [0.1, 0.15) is 5.69 Å². The zero-order chi connectivity index (χ0) is 23.3. The summed E-state index contributed by atoms with van der Waals surface area (Å²) in [6.07, 6.45) is -0.952. The normalized spacial score (nSPS) is 13.0. The highest BCUT2D eigenvalue weighted by Gasteiger charge is 2.23. The summed E-state index contributed by atoms with van der Waals surface area (Å²) < 4.78 is 1.41. The lowest BCUT2D eigenvalue weighted by Crippen LogP contribution is -2.39. The minimum absolute atomic E-state index is 0.196. The van der Waals surface area contributed by atoms with Gasteiger partial charge in [-0.25, -0.2) is 0 Å². The number of aliphatic hydroxyl groups is 2. The van der Waals surface area contributed by atoms with E-state index in [1.54, 1.807) is 14.0 Å². The van der Waals surface area contributed by atoms with E-state index in [0.717, 1.165) is 16.7 Å². The van der Waals surface area contributed by atoms with Gasteiger partial charge >= 0.3 is 5.97 Å². The number of benzene rings is 2. The number of hydrogen-bond donors (Lipinski definition) is 4. The lowest BCUT2D eigenvalue weighted by Gasteiger charge is -2.21. The molecule has 1 heterocycles. The molecule has 0 aliphatic carbocycles. The third-order valence-electron chi connectivity index (χ3n) is 5.60. The number of rotatable bonds is 9. The first-order chi connectivity index (χ1) is 15.3. The highest BCUT2D eigenvalue weighted by molar-refractivity contribution is 5.93. The topological polar surface area (TPSA) is 112 Å². The Hall–Kier alpha value is -3.42. The van der Waals surface area contributed by atoms with Crippen LogP contribution in [0.5, 0.6) is 0 Å². The Balaban J connectivity index is 1.77. The Morgan fingerprint density at radius 1 is 0.938 bits per heavy atom. The average molecular weight is 437 g/mol. The number of carbonyl (C=O) groups excluding carboxylic acids is 1. The van der Waals surface area contributed by atoms with Gasteiger partial charge in [-0.3, -0.25) is 9.59 Å². The van der Waals surface area contributed by atoms with E-state index in [4.69, 9.17) is 0 Å². The van der Waals surface area contributed by atoms with Crippen LogP contribution < -0.4 is 5.32 Å². The molecule has 0 saturated heterocycles. The lowest BCUT2D eigenvalue weighted by atomic mass is 9.95. The van der Waals surface area contributed by atoms with Crippen molar-refractivity contribution in [3.63, 3.8) is 0 Å². The number of aliphatic carboxylic acids is 1. The van der Waals surface area contributed by atoms with Crippen molar-refractivity contribution in [2.45, 2.75) is 32.1 Å². The molecule has 2 atom stereocenters. The number of nitrogens with one attached hydrogen (secondary N) is 1. The van der Waals surface area contributed by atoms with Gasteiger partial charge in [0.25, 0.3) is 5.91 Å². The molecule has 0 aliphatic rings. The number of nitrogens with zero attached hydrogens (tertiary/aromatic N) is 1. The lowest BCUT2D eigenvalue weighted by molar-refractivity contribution is -0.141.